The fraction of sp³-hybridized carbons (Fsp3) is 0.353. The van der Waals surface area contributed by atoms with Gasteiger partial charge in [-0.15, -0.1) is 0 Å². The van der Waals surface area contributed by atoms with Crippen molar-refractivity contribution in [3.8, 4) is 11.6 Å². The molecule has 3 nitrogen and oxygen atoms in total. The first-order valence-corrected chi connectivity index (χ1v) is 7.29. The predicted molar refractivity (Wildman–Crippen MR) is 80.0 cm³/mol. The van der Waals surface area contributed by atoms with Crippen molar-refractivity contribution in [2.75, 3.05) is 0 Å². The standard InChI is InChI=1S/C17H20N2O/c1-2-14-10-13(12-18-15-8-9-15)11-17(19-14)20-16-6-4-3-5-7-16/h3-7,10-11,15,18H,2,8-9,12H2,1H3. The predicted octanol–water partition coefficient (Wildman–Crippen LogP) is 3.69. The maximum atomic E-state index is 5.85. The van der Waals surface area contributed by atoms with E-state index in [-0.39, 0.29) is 0 Å². The van der Waals surface area contributed by atoms with E-state index in [1.165, 1.54) is 18.4 Å². The number of ether oxygens (including phenoxy) is 1. The number of nitrogens with one attached hydrogen (secondary N) is 1. The SMILES string of the molecule is CCc1cc(CNC2CC2)cc(Oc2ccccc2)n1. The zero-order valence-electron chi connectivity index (χ0n) is 11.8. The molecular weight excluding hydrogens is 248 g/mol. The van der Waals surface area contributed by atoms with Crippen molar-refractivity contribution in [3.05, 3.63) is 53.7 Å². The van der Waals surface area contributed by atoms with Crippen LogP contribution in [0, 0.1) is 0 Å². The summed E-state index contributed by atoms with van der Waals surface area (Å²) in [6.07, 6.45) is 3.53. The Hall–Kier alpha value is -1.87. The average molecular weight is 268 g/mol. The third-order valence-electron chi connectivity index (χ3n) is 3.41. The number of rotatable bonds is 6. The number of hydrogen-bond acceptors (Lipinski definition) is 3. The minimum atomic E-state index is 0.683. The smallest absolute Gasteiger partial charge is 0.219 e. The summed E-state index contributed by atoms with van der Waals surface area (Å²) in [7, 11) is 0. The fourth-order valence-electron chi connectivity index (χ4n) is 2.11. The summed E-state index contributed by atoms with van der Waals surface area (Å²) in [5.74, 6) is 1.51. The van der Waals surface area contributed by atoms with E-state index in [1.807, 2.05) is 36.4 Å². The average Bonchev–Trinajstić information content (AvgIpc) is 3.30. The van der Waals surface area contributed by atoms with Gasteiger partial charge in [0.15, 0.2) is 0 Å². The van der Waals surface area contributed by atoms with Crippen LogP contribution in [0.1, 0.15) is 31.0 Å². The minimum absolute atomic E-state index is 0.683. The molecule has 0 bridgehead atoms. The van der Waals surface area contributed by atoms with Crippen LogP contribution in [-0.2, 0) is 13.0 Å². The van der Waals surface area contributed by atoms with Gasteiger partial charge in [0, 0.05) is 24.3 Å². The van der Waals surface area contributed by atoms with Crippen molar-refractivity contribution < 1.29 is 4.74 Å². The molecule has 3 rings (SSSR count). The normalized spacial score (nSPS) is 14.2. The second-order valence-electron chi connectivity index (χ2n) is 5.23. The van der Waals surface area contributed by atoms with Crippen LogP contribution in [0.3, 0.4) is 0 Å². The Morgan fingerprint density at radius 3 is 2.70 bits per heavy atom. The van der Waals surface area contributed by atoms with Gasteiger partial charge in [-0.1, -0.05) is 25.1 Å². The summed E-state index contributed by atoms with van der Waals surface area (Å²) >= 11 is 0. The highest BCUT2D eigenvalue weighted by molar-refractivity contribution is 5.30. The molecule has 0 atom stereocenters. The molecule has 1 N–H and O–H groups in total. The lowest BCUT2D eigenvalue weighted by atomic mass is 10.2. The molecule has 1 fully saturated rings. The van der Waals surface area contributed by atoms with Crippen molar-refractivity contribution in [2.45, 2.75) is 38.8 Å². The van der Waals surface area contributed by atoms with Crippen molar-refractivity contribution in [2.24, 2.45) is 0 Å². The number of nitrogens with zero attached hydrogens (tertiary/aromatic N) is 1. The van der Waals surface area contributed by atoms with Crippen LogP contribution in [0.5, 0.6) is 11.6 Å². The van der Waals surface area contributed by atoms with Crippen LogP contribution in [0.4, 0.5) is 0 Å². The molecule has 3 heteroatoms. The van der Waals surface area contributed by atoms with Crippen LogP contribution in [0.25, 0.3) is 0 Å². The molecule has 0 saturated heterocycles. The van der Waals surface area contributed by atoms with Crippen LogP contribution in [0.15, 0.2) is 42.5 Å². The Bertz CT molecular complexity index is 564. The quantitative estimate of drug-likeness (QED) is 0.867. The van der Waals surface area contributed by atoms with Gasteiger partial charge in [-0.3, -0.25) is 0 Å². The van der Waals surface area contributed by atoms with E-state index in [2.05, 4.69) is 23.3 Å². The molecule has 0 radical (unpaired) electrons. The van der Waals surface area contributed by atoms with Gasteiger partial charge < -0.3 is 10.1 Å². The summed E-state index contributed by atoms with van der Waals surface area (Å²) in [6, 6.07) is 14.7. The van der Waals surface area contributed by atoms with Crippen molar-refractivity contribution in [1.82, 2.24) is 10.3 Å². The first-order valence-electron chi connectivity index (χ1n) is 7.29. The Labute approximate surface area is 120 Å². The lowest BCUT2D eigenvalue weighted by Gasteiger charge is -2.10. The molecule has 1 aliphatic carbocycles. The molecule has 2 aromatic rings. The molecule has 1 aliphatic rings. The second kappa shape index (κ2) is 6.06. The van der Waals surface area contributed by atoms with Gasteiger partial charge in [-0.05, 0) is 43.0 Å². The zero-order valence-corrected chi connectivity index (χ0v) is 11.8. The van der Waals surface area contributed by atoms with E-state index in [0.717, 1.165) is 24.4 Å². The minimum Gasteiger partial charge on any atom is -0.439 e. The number of aryl methyl sites for hydroxylation is 1. The topological polar surface area (TPSA) is 34.1 Å². The number of benzene rings is 1. The molecule has 0 unspecified atom stereocenters. The van der Waals surface area contributed by atoms with Crippen molar-refractivity contribution >= 4 is 0 Å². The number of hydrogen-bond donors (Lipinski definition) is 1. The summed E-state index contributed by atoms with van der Waals surface area (Å²) in [6.45, 7) is 3.01. The number of aromatic nitrogens is 1. The van der Waals surface area contributed by atoms with Gasteiger partial charge >= 0.3 is 0 Å². The molecular formula is C17H20N2O. The molecule has 0 spiro atoms. The maximum Gasteiger partial charge on any atom is 0.219 e. The van der Waals surface area contributed by atoms with Crippen molar-refractivity contribution in [3.63, 3.8) is 0 Å². The highest BCUT2D eigenvalue weighted by Gasteiger charge is 2.20. The first-order chi connectivity index (χ1) is 9.83. The monoisotopic (exact) mass is 268 g/mol. The van der Waals surface area contributed by atoms with E-state index in [1.54, 1.807) is 0 Å². The molecule has 104 valence electrons. The van der Waals surface area contributed by atoms with E-state index in [4.69, 9.17) is 4.74 Å². The van der Waals surface area contributed by atoms with Gasteiger partial charge in [-0.25, -0.2) is 4.98 Å². The number of pyridine rings is 1. The number of para-hydroxylation sites is 1. The van der Waals surface area contributed by atoms with Gasteiger partial charge in [-0.2, -0.15) is 0 Å². The van der Waals surface area contributed by atoms with Gasteiger partial charge in [0.2, 0.25) is 5.88 Å². The van der Waals surface area contributed by atoms with Crippen LogP contribution < -0.4 is 10.1 Å². The van der Waals surface area contributed by atoms with E-state index < -0.39 is 0 Å². The highest BCUT2D eigenvalue weighted by Crippen LogP contribution is 2.23. The van der Waals surface area contributed by atoms with E-state index in [9.17, 15) is 0 Å². The highest BCUT2D eigenvalue weighted by atomic mass is 16.5. The summed E-state index contributed by atoms with van der Waals surface area (Å²) < 4.78 is 5.85. The summed E-state index contributed by atoms with van der Waals surface area (Å²) in [4.78, 5) is 4.54. The Morgan fingerprint density at radius 2 is 2.00 bits per heavy atom. The van der Waals surface area contributed by atoms with E-state index in [0.29, 0.717) is 11.9 Å². The summed E-state index contributed by atoms with van der Waals surface area (Å²) in [5.41, 5.74) is 2.32. The Morgan fingerprint density at radius 1 is 1.20 bits per heavy atom. The van der Waals surface area contributed by atoms with Gasteiger partial charge in [0.1, 0.15) is 5.75 Å². The molecule has 20 heavy (non-hydrogen) atoms. The molecule has 1 aromatic heterocycles. The third-order valence-corrected chi connectivity index (χ3v) is 3.41. The molecule has 1 saturated carbocycles. The lowest BCUT2D eigenvalue weighted by Crippen LogP contribution is -2.15. The molecule has 1 aromatic carbocycles. The maximum absolute atomic E-state index is 5.85. The van der Waals surface area contributed by atoms with Crippen LogP contribution in [0.2, 0.25) is 0 Å². The van der Waals surface area contributed by atoms with Crippen LogP contribution in [-0.4, -0.2) is 11.0 Å². The fourth-order valence-corrected chi connectivity index (χ4v) is 2.11. The lowest BCUT2D eigenvalue weighted by molar-refractivity contribution is 0.459. The zero-order chi connectivity index (χ0) is 13.8. The van der Waals surface area contributed by atoms with Crippen LogP contribution >= 0.6 is 0 Å². The van der Waals surface area contributed by atoms with E-state index >= 15 is 0 Å². The molecule has 1 heterocycles. The third kappa shape index (κ3) is 3.58. The second-order valence-corrected chi connectivity index (χ2v) is 5.23. The largest absolute Gasteiger partial charge is 0.439 e. The molecule has 0 amide bonds. The van der Waals surface area contributed by atoms with Crippen molar-refractivity contribution in [1.29, 1.82) is 0 Å². The first kappa shape index (κ1) is 13.1. The summed E-state index contributed by atoms with van der Waals surface area (Å²) in [5, 5.41) is 3.53. The Balaban J connectivity index is 1.76. The Kier molecular flexibility index (Phi) is 3.97. The van der Waals surface area contributed by atoms with Gasteiger partial charge in [0.25, 0.3) is 0 Å². The van der Waals surface area contributed by atoms with Gasteiger partial charge in [0.05, 0.1) is 0 Å². The molecule has 0 aliphatic heterocycles.